The molecule has 0 aliphatic rings. The molecule has 3 heteroatoms. The molecule has 0 radical (unpaired) electrons. The Bertz CT molecular complexity index is 335. The highest BCUT2D eigenvalue weighted by Crippen LogP contribution is 2.11. The smallest absolute Gasteiger partial charge is 0.128 e. The predicted octanol–water partition coefficient (Wildman–Crippen LogP) is 2.44. The standard InChI is InChI=1S/C12H17N3/c1-10(2)6-7-15(3)12-5-4-11(8-13)9-14-12/h4-5,9-10H,6-7H2,1-3H3. The van der Waals surface area contributed by atoms with E-state index < -0.39 is 0 Å². The van der Waals surface area contributed by atoms with Gasteiger partial charge in [-0.05, 0) is 24.5 Å². The Morgan fingerprint density at radius 2 is 2.20 bits per heavy atom. The maximum absolute atomic E-state index is 8.64. The number of anilines is 1. The number of nitriles is 1. The average molecular weight is 203 g/mol. The second-order valence-corrected chi connectivity index (χ2v) is 4.12. The summed E-state index contributed by atoms with van der Waals surface area (Å²) >= 11 is 0. The monoisotopic (exact) mass is 203 g/mol. The largest absolute Gasteiger partial charge is 0.360 e. The van der Waals surface area contributed by atoms with E-state index in [1.807, 2.05) is 13.1 Å². The first-order chi connectivity index (χ1) is 7.13. The van der Waals surface area contributed by atoms with Gasteiger partial charge in [0.25, 0.3) is 0 Å². The summed E-state index contributed by atoms with van der Waals surface area (Å²) in [5, 5.41) is 8.64. The van der Waals surface area contributed by atoms with Gasteiger partial charge in [0.1, 0.15) is 11.9 Å². The average Bonchev–Trinajstić information content (AvgIpc) is 2.26. The van der Waals surface area contributed by atoms with E-state index in [1.54, 1.807) is 12.3 Å². The molecule has 0 saturated heterocycles. The minimum Gasteiger partial charge on any atom is -0.360 e. The minimum absolute atomic E-state index is 0.607. The summed E-state index contributed by atoms with van der Waals surface area (Å²) in [5.74, 6) is 1.63. The second kappa shape index (κ2) is 5.35. The van der Waals surface area contributed by atoms with E-state index in [9.17, 15) is 0 Å². The first-order valence-corrected chi connectivity index (χ1v) is 5.20. The molecule has 1 aromatic heterocycles. The normalized spacial score (nSPS) is 10.1. The molecule has 1 rings (SSSR count). The van der Waals surface area contributed by atoms with Gasteiger partial charge in [-0.2, -0.15) is 5.26 Å². The first kappa shape index (κ1) is 11.5. The number of hydrogen-bond acceptors (Lipinski definition) is 3. The van der Waals surface area contributed by atoms with Crippen LogP contribution in [0.1, 0.15) is 25.8 Å². The van der Waals surface area contributed by atoms with Gasteiger partial charge in [0.2, 0.25) is 0 Å². The molecular formula is C12H17N3. The molecule has 3 nitrogen and oxygen atoms in total. The fourth-order valence-corrected chi connectivity index (χ4v) is 1.24. The molecule has 0 aliphatic carbocycles. The number of hydrogen-bond donors (Lipinski definition) is 0. The third-order valence-corrected chi connectivity index (χ3v) is 2.31. The Morgan fingerprint density at radius 3 is 2.67 bits per heavy atom. The van der Waals surface area contributed by atoms with Crippen molar-refractivity contribution in [3.63, 3.8) is 0 Å². The van der Waals surface area contributed by atoms with Crippen LogP contribution in [0.15, 0.2) is 18.3 Å². The topological polar surface area (TPSA) is 39.9 Å². The molecule has 0 saturated carbocycles. The SMILES string of the molecule is CC(C)CCN(C)c1ccc(C#N)cn1. The van der Waals surface area contributed by atoms with Crippen LogP contribution in [0.3, 0.4) is 0 Å². The van der Waals surface area contributed by atoms with Gasteiger partial charge < -0.3 is 4.90 Å². The fraction of sp³-hybridized carbons (Fsp3) is 0.500. The molecule has 0 aromatic carbocycles. The van der Waals surface area contributed by atoms with E-state index >= 15 is 0 Å². The van der Waals surface area contributed by atoms with Gasteiger partial charge in [0.15, 0.2) is 0 Å². The summed E-state index contributed by atoms with van der Waals surface area (Å²) in [6, 6.07) is 5.75. The van der Waals surface area contributed by atoms with Gasteiger partial charge in [-0.3, -0.25) is 0 Å². The minimum atomic E-state index is 0.607. The van der Waals surface area contributed by atoms with Crippen molar-refractivity contribution in [2.75, 3.05) is 18.5 Å². The Balaban J connectivity index is 2.58. The molecular weight excluding hydrogens is 186 g/mol. The van der Waals surface area contributed by atoms with Crippen molar-refractivity contribution in [2.45, 2.75) is 20.3 Å². The Morgan fingerprint density at radius 1 is 1.47 bits per heavy atom. The zero-order chi connectivity index (χ0) is 11.3. The lowest BCUT2D eigenvalue weighted by Crippen LogP contribution is -2.20. The summed E-state index contributed by atoms with van der Waals surface area (Å²) in [6.07, 6.45) is 2.76. The van der Waals surface area contributed by atoms with E-state index in [2.05, 4.69) is 29.8 Å². The summed E-state index contributed by atoms with van der Waals surface area (Å²) in [6.45, 7) is 5.41. The molecule has 0 atom stereocenters. The third kappa shape index (κ3) is 3.59. The van der Waals surface area contributed by atoms with Gasteiger partial charge in [-0.25, -0.2) is 4.98 Å². The number of nitrogens with zero attached hydrogens (tertiary/aromatic N) is 3. The highest BCUT2D eigenvalue weighted by Gasteiger charge is 2.03. The Hall–Kier alpha value is -1.56. The van der Waals surface area contributed by atoms with Gasteiger partial charge >= 0.3 is 0 Å². The zero-order valence-corrected chi connectivity index (χ0v) is 9.57. The molecule has 0 bridgehead atoms. The van der Waals surface area contributed by atoms with Crippen molar-refractivity contribution in [3.05, 3.63) is 23.9 Å². The fourth-order valence-electron chi connectivity index (χ4n) is 1.24. The summed E-state index contributed by atoms with van der Waals surface area (Å²) in [5.41, 5.74) is 0.607. The van der Waals surface area contributed by atoms with Crippen LogP contribution in [-0.4, -0.2) is 18.6 Å². The van der Waals surface area contributed by atoms with Crippen LogP contribution in [0.4, 0.5) is 5.82 Å². The quantitative estimate of drug-likeness (QED) is 0.754. The van der Waals surface area contributed by atoms with Crippen LogP contribution in [0, 0.1) is 17.2 Å². The number of aromatic nitrogens is 1. The van der Waals surface area contributed by atoms with Gasteiger partial charge in [0.05, 0.1) is 5.56 Å². The van der Waals surface area contributed by atoms with E-state index in [4.69, 9.17) is 5.26 Å². The van der Waals surface area contributed by atoms with Crippen LogP contribution >= 0.6 is 0 Å². The third-order valence-electron chi connectivity index (χ3n) is 2.31. The lowest BCUT2D eigenvalue weighted by atomic mass is 10.1. The first-order valence-electron chi connectivity index (χ1n) is 5.20. The molecule has 0 N–H and O–H groups in total. The van der Waals surface area contributed by atoms with Crippen LogP contribution in [0.25, 0.3) is 0 Å². The van der Waals surface area contributed by atoms with Crippen molar-refractivity contribution >= 4 is 5.82 Å². The van der Waals surface area contributed by atoms with Gasteiger partial charge in [-0.15, -0.1) is 0 Å². The maximum atomic E-state index is 8.64. The molecule has 1 aromatic rings. The van der Waals surface area contributed by atoms with Crippen LogP contribution in [0.2, 0.25) is 0 Å². The second-order valence-electron chi connectivity index (χ2n) is 4.12. The van der Waals surface area contributed by atoms with Crippen molar-refractivity contribution in [2.24, 2.45) is 5.92 Å². The molecule has 1 heterocycles. The number of rotatable bonds is 4. The van der Waals surface area contributed by atoms with Crippen LogP contribution < -0.4 is 4.90 Å². The molecule has 0 aliphatic heterocycles. The summed E-state index contributed by atoms with van der Waals surface area (Å²) < 4.78 is 0. The van der Waals surface area contributed by atoms with Crippen molar-refractivity contribution in [1.29, 1.82) is 5.26 Å². The van der Waals surface area contributed by atoms with E-state index in [0.717, 1.165) is 18.8 Å². The zero-order valence-electron chi connectivity index (χ0n) is 9.57. The molecule has 0 fully saturated rings. The van der Waals surface area contributed by atoms with Crippen molar-refractivity contribution in [1.82, 2.24) is 4.98 Å². The van der Waals surface area contributed by atoms with E-state index in [-0.39, 0.29) is 0 Å². The van der Waals surface area contributed by atoms with E-state index in [1.165, 1.54) is 0 Å². The van der Waals surface area contributed by atoms with Gasteiger partial charge in [0, 0.05) is 19.8 Å². The molecule has 0 spiro atoms. The highest BCUT2D eigenvalue weighted by atomic mass is 15.2. The Labute approximate surface area is 91.4 Å². The molecule has 0 amide bonds. The van der Waals surface area contributed by atoms with Crippen molar-refractivity contribution in [3.8, 4) is 6.07 Å². The van der Waals surface area contributed by atoms with E-state index in [0.29, 0.717) is 11.5 Å². The molecule has 80 valence electrons. The van der Waals surface area contributed by atoms with Crippen LogP contribution in [-0.2, 0) is 0 Å². The number of pyridine rings is 1. The van der Waals surface area contributed by atoms with Gasteiger partial charge in [-0.1, -0.05) is 13.8 Å². The lowest BCUT2D eigenvalue weighted by Gasteiger charge is -2.18. The lowest BCUT2D eigenvalue weighted by molar-refractivity contribution is 0.583. The molecule has 15 heavy (non-hydrogen) atoms. The molecule has 0 unspecified atom stereocenters. The van der Waals surface area contributed by atoms with Crippen LogP contribution in [0.5, 0.6) is 0 Å². The Kier molecular flexibility index (Phi) is 4.11. The highest BCUT2D eigenvalue weighted by molar-refractivity contribution is 5.40. The summed E-state index contributed by atoms with van der Waals surface area (Å²) in [4.78, 5) is 6.34. The predicted molar refractivity (Wildman–Crippen MR) is 61.7 cm³/mol. The maximum Gasteiger partial charge on any atom is 0.128 e. The van der Waals surface area contributed by atoms with Crippen molar-refractivity contribution < 1.29 is 0 Å². The summed E-state index contributed by atoms with van der Waals surface area (Å²) in [7, 11) is 2.02.